The molecule has 1 N–H and O–H groups in total. The molecule has 0 fully saturated rings. The number of rotatable bonds is 4. The highest BCUT2D eigenvalue weighted by molar-refractivity contribution is 6.35. The molecule has 134 valence electrons. The molecule has 2 aromatic carbocycles. The van der Waals surface area contributed by atoms with E-state index >= 15 is 0 Å². The Kier molecular flexibility index (Phi) is 4.25. The van der Waals surface area contributed by atoms with Gasteiger partial charge >= 0.3 is 0 Å². The van der Waals surface area contributed by atoms with Crippen molar-refractivity contribution in [2.45, 2.75) is 6.92 Å². The average molecular weight is 355 g/mol. The van der Waals surface area contributed by atoms with E-state index < -0.39 is 10.8 Å². The molecule has 0 atom stereocenters. The van der Waals surface area contributed by atoms with Crippen molar-refractivity contribution in [3.63, 3.8) is 0 Å². The van der Waals surface area contributed by atoms with Crippen molar-refractivity contribution in [1.29, 1.82) is 0 Å². The fourth-order valence-corrected chi connectivity index (χ4v) is 2.81. The topological polar surface area (TPSA) is 114 Å². The minimum Gasteiger partial charge on any atom is -0.872 e. The first-order valence-electron chi connectivity index (χ1n) is 7.61. The lowest BCUT2D eigenvalue weighted by molar-refractivity contribution is -0.385. The third-order valence-electron chi connectivity index (χ3n) is 4.11. The molecule has 2 aromatic rings. The number of nitro groups is 1. The molecule has 0 unspecified atom stereocenters. The fraction of sp³-hybridized carbons (Fsp3) is 0.167. The van der Waals surface area contributed by atoms with Crippen LogP contribution in [0.4, 0.5) is 11.4 Å². The summed E-state index contributed by atoms with van der Waals surface area (Å²) in [7, 11) is 2.95. The third-order valence-corrected chi connectivity index (χ3v) is 4.11. The minimum atomic E-state index is -0.578. The van der Waals surface area contributed by atoms with Crippen LogP contribution in [0.2, 0.25) is 0 Å². The number of nitrogens with one attached hydrogen (secondary N) is 1. The van der Waals surface area contributed by atoms with Gasteiger partial charge < -0.3 is 19.9 Å². The number of amides is 1. The SMILES string of the molecule is COc1cc2c(cc1OC)/C(=C\c1cc([N+](=O)[O-])cc(C)c1[O-])C(=O)N2. The van der Waals surface area contributed by atoms with Gasteiger partial charge in [-0.15, -0.1) is 0 Å². The van der Waals surface area contributed by atoms with Crippen LogP contribution in [0.1, 0.15) is 16.7 Å². The average Bonchev–Trinajstić information content (AvgIpc) is 2.91. The van der Waals surface area contributed by atoms with E-state index in [1.54, 1.807) is 12.1 Å². The van der Waals surface area contributed by atoms with Gasteiger partial charge in [-0.25, -0.2) is 0 Å². The third kappa shape index (κ3) is 2.81. The summed E-state index contributed by atoms with van der Waals surface area (Å²) in [6.45, 7) is 1.49. The largest absolute Gasteiger partial charge is 0.872 e. The minimum absolute atomic E-state index is 0.0736. The number of hydrogen-bond acceptors (Lipinski definition) is 6. The first-order valence-corrected chi connectivity index (χ1v) is 7.61. The monoisotopic (exact) mass is 355 g/mol. The zero-order valence-corrected chi connectivity index (χ0v) is 14.3. The smallest absolute Gasteiger partial charge is 0.270 e. The number of benzene rings is 2. The van der Waals surface area contributed by atoms with Gasteiger partial charge in [-0.3, -0.25) is 14.9 Å². The molecule has 0 saturated carbocycles. The summed E-state index contributed by atoms with van der Waals surface area (Å²) in [6, 6.07) is 5.60. The molecule has 1 aliphatic rings. The Balaban J connectivity index is 2.18. The number of nitrogens with zero attached hydrogens (tertiary/aromatic N) is 1. The second-order valence-electron chi connectivity index (χ2n) is 5.70. The molecule has 26 heavy (non-hydrogen) atoms. The van der Waals surface area contributed by atoms with E-state index in [1.165, 1.54) is 33.3 Å². The normalized spacial score (nSPS) is 14.1. The molecular weight excluding hydrogens is 340 g/mol. The van der Waals surface area contributed by atoms with E-state index in [9.17, 15) is 20.0 Å². The van der Waals surface area contributed by atoms with E-state index in [2.05, 4.69) is 5.32 Å². The Morgan fingerprint density at radius 1 is 1.12 bits per heavy atom. The highest BCUT2D eigenvalue weighted by atomic mass is 16.6. The Bertz CT molecular complexity index is 965. The van der Waals surface area contributed by atoms with Crippen LogP contribution in [0, 0.1) is 17.0 Å². The molecule has 1 amide bonds. The van der Waals surface area contributed by atoms with Gasteiger partial charge in [0.05, 0.1) is 24.8 Å². The molecule has 8 nitrogen and oxygen atoms in total. The van der Waals surface area contributed by atoms with Gasteiger partial charge in [-0.2, -0.15) is 0 Å². The van der Waals surface area contributed by atoms with Crippen LogP contribution in [0.5, 0.6) is 17.2 Å². The van der Waals surface area contributed by atoms with E-state index in [1.807, 2.05) is 0 Å². The number of methoxy groups -OCH3 is 2. The van der Waals surface area contributed by atoms with Crippen LogP contribution in [0.15, 0.2) is 24.3 Å². The highest BCUT2D eigenvalue weighted by Gasteiger charge is 2.27. The van der Waals surface area contributed by atoms with Crippen molar-refractivity contribution in [2.24, 2.45) is 0 Å². The van der Waals surface area contributed by atoms with Gasteiger partial charge in [0.2, 0.25) is 0 Å². The van der Waals surface area contributed by atoms with E-state index in [0.717, 1.165) is 6.07 Å². The molecule has 0 aromatic heterocycles. The summed E-state index contributed by atoms with van der Waals surface area (Å²) < 4.78 is 10.5. The van der Waals surface area contributed by atoms with E-state index in [-0.39, 0.29) is 28.1 Å². The number of hydrogen-bond donors (Lipinski definition) is 1. The van der Waals surface area contributed by atoms with E-state index in [4.69, 9.17) is 9.47 Å². The summed E-state index contributed by atoms with van der Waals surface area (Å²) in [6.07, 6.45) is 1.36. The standard InChI is InChI=1S/C18H16N2O6/c1-9-4-11(20(23)24)5-10(17(9)21)6-13-12-7-15(25-2)16(26-3)8-14(12)19-18(13)22/h4-8,21H,1-3H3,(H,19,22)/p-1/b13-6+. The quantitative estimate of drug-likeness (QED) is 0.512. The Hall–Kier alpha value is -3.55. The molecule has 3 rings (SSSR count). The maximum absolute atomic E-state index is 12.4. The second kappa shape index (κ2) is 6.40. The summed E-state index contributed by atoms with van der Waals surface area (Å²) in [5.74, 6) is 0.0819. The number of ether oxygens (including phenoxy) is 2. The molecule has 0 bridgehead atoms. The number of carbonyl (C=O) groups is 1. The zero-order chi connectivity index (χ0) is 19.0. The Labute approximate surface area is 148 Å². The van der Waals surface area contributed by atoms with Crippen LogP contribution in [-0.4, -0.2) is 25.1 Å². The molecule has 0 spiro atoms. The van der Waals surface area contributed by atoms with Crippen LogP contribution in [0.3, 0.4) is 0 Å². The number of fused-ring (bicyclic) bond motifs is 1. The van der Waals surface area contributed by atoms with Crippen molar-refractivity contribution >= 4 is 28.9 Å². The number of aryl methyl sites for hydroxylation is 1. The van der Waals surface area contributed by atoms with Crippen molar-refractivity contribution in [2.75, 3.05) is 19.5 Å². The molecule has 8 heteroatoms. The first kappa shape index (κ1) is 17.3. The van der Waals surface area contributed by atoms with Crippen LogP contribution >= 0.6 is 0 Å². The van der Waals surface area contributed by atoms with Gasteiger partial charge in [0.15, 0.2) is 11.5 Å². The number of anilines is 1. The number of non-ortho nitro benzene ring substituents is 1. The van der Waals surface area contributed by atoms with Crippen molar-refractivity contribution in [3.05, 3.63) is 51.1 Å². The second-order valence-corrected chi connectivity index (χ2v) is 5.70. The van der Waals surface area contributed by atoms with Gasteiger partial charge in [0, 0.05) is 29.3 Å². The van der Waals surface area contributed by atoms with Crippen molar-refractivity contribution in [1.82, 2.24) is 0 Å². The lowest BCUT2D eigenvalue weighted by Crippen LogP contribution is -2.04. The summed E-state index contributed by atoms with van der Waals surface area (Å²) >= 11 is 0. The van der Waals surface area contributed by atoms with Crippen molar-refractivity contribution in [3.8, 4) is 17.2 Å². The van der Waals surface area contributed by atoms with Gasteiger partial charge in [-0.1, -0.05) is 11.3 Å². The van der Waals surface area contributed by atoms with Gasteiger partial charge in [0.25, 0.3) is 11.6 Å². The number of carbonyl (C=O) groups excluding carboxylic acids is 1. The molecule has 1 aliphatic heterocycles. The summed E-state index contributed by atoms with van der Waals surface area (Å²) in [5, 5.41) is 26.1. The predicted molar refractivity (Wildman–Crippen MR) is 93.3 cm³/mol. The van der Waals surface area contributed by atoms with Crippen molar-refractivity contribution < 1.29 is 24.3 Å². The zero-order valence-electron chi connectivity index (χ0n) is 14.3. The Morgan fingerprint density at radius 2 is 1.77 bits per heavy atom. The lowest BCUT2D eigenvalue weighted by Gasteiger charge is -2.14. The molecule has 0 aliphatic carbocycles. The maximum Gasteiger partial charge on any atom is 0.270 e. The molecule has 0 saturated heterocycles. The summed E-state index contributed by atoms with van der Waals surface area (Å²) in [5.41, 5.74) is 1.35. The molecule has 1 heterocycles. The van der Waals surface area contributed by atoms with Crippen LogP contribution in [0.25, 0.3) is 11.6 Å². The van der Waals surface area contributed by atoms with Gasteiger partial charge in [0.1, 0.15) is 0 Å². The molecular formula is C18H15N2O6-. The predicted octanol–water partition coefficient (Wildman–Crippen LogP) is 2.49. The lowest BCUT2D eigenvalue weighted by atomic mass is 10.0. The fourth-order valence-electron chi connectivity index (χ4n) is 2.81. The number of nitro benzene ring substituents is 1. The Morgan fingerprint density at radius 3 is 2.38 bits per heavy atom. The maximum atomic E-state index is 12.4. The molecule has 0 radical (unpaired) electrons. The van der Waals surface area contributed by atoms with Crippen LogP contribution in [-0.2, 0) is 4.79 Å². The van der Waals surface area contributed by atoms with E-state index in [0.29, 0.717) is 22.7 Å². The summed E-state index contributed by atoms with van der Waals surface area (Å²) in [4.78, 5) is 22.8. The first-order chi connectivity index (χ1) is 12.3. The van der Waals surface area contributed by atoms with Gasteiger partial charge in [-0.05, 0) is 24.6 Å². The van der Waals surface area contributed by atoms with Crippen LogP contribution < -0.4 is 19.9 Å². The highest BCUT2D eigenvalue weighted by Crippen LogP contribution is 2.41.